The third-order valence-corrected chi connectivity index (χ3v) is 2.92. The van der Waals surface area contributed by atoms with Crippen LogP contribution in [-0.2, 0) is 0 Å². The number of rotatable bonds is 1. The van der Waals surface area contributed by atoms with Crippen LogP contribution >= 0.6 is 0 Å². The molecule has 0 bridgehead atoms. The van der Waals surface area contributed by atoms with Gasteiger partial charge in [-0.3, -0.25) is 9.78 Å². The Morgan fingerprint density at radius 1 is 1.29 bits per heavy atom. The number of amides is 1. The van der Waals surface area contributed by atoms with Crippen LogP contribution in [-0.4, -0.2) is 22.3 Å². The van der Waals surface area contributed by atoms with Crippen LogP contribution in [0.5, 0.6) is 0 Å². The monoisotopic (exact) mass is 224 g/mol. The molecule has 0 saturated carbocycles. The van der Waals surface area contributed by atoms with Crippen molar-refractivity contribution in [2.45, 2.75) is 6.42 Å². The molecular formula is C14H12N2O. The first-order valence-electron chi connectivity index (χ1n) is 5.67. The summed E-state index contributed by atoms with van der Waals surface area (Å²) in [4.78, 5) is 18.2. The van der Waals surface area contributed by atoms with E-state index in [-0.39, 0.29) is 5.91 Å². The van der Waals surface area contributed by atoms with Crippen molar-refractivity contribution in [1.82, 2.24) is 9.88 Å². The number of aromatic nitrogens is 1. The maximum Gasteiger partial charge on any atom is 0.259 e. The number of hydrogen-bond acceptors (Lipinski definition) is 2. The number of hydrogen-bond donors (Lipinski definition) is 0. The molecule has 0 spiro atoms. The molecule has 2 heterocycles. The lowest BCUT2D eigenvalue weighted by molar-refractivity contribution is 0.0833. The van der Waals surface area contributed by atoms with Crippen LogP contribution in [0.4, 0.5) is 0 Å². The minimum absolute atomic E-state index is 0.0250. The number of fused-ring (bicyclic) bond motifs is 1. The second kappa shape index (κ2) is 4.01. The highest BCUT2D eigenvalue weighted by Crippen LogP contribution is 2.16. The van der Waals surface area contributed by atoms with Crippen molar-refractivity contribution in [3.8, 4) is 0 Å². The molecule has 3 nitrogen and oxygen atoms in total. The number of carbonyl (C=O) groups excluding carboxylic acids is 1. The summed E-state index contributed by atoms with van der Waals surface area (Å²) < 4.78 is 0. The quantitative estimate of drug-likeness (QED) is 0.746. The molecule has 17 heavy (non-hydrogen) atoms. The van der Waals surface area contributed by atoms with Crippen molar-refractivity contribution < 1.29 is 4.79 Å². The number of pyridine rings is 1. The van der Waals surface area contributed by atoms with Crippen molar-refractivity contribution in [2.24, 2.45) is 0 Å². The zero-order chi connectivity index (χ0) is 11.7. The summed E-state index contributed by atoms with van der Waals surface area (Å²) in [5.74, 6) is 0.0250. The van der Waals surface area contributed by atoms with E-state index in [0.29, 0.717) is 5.56 Å². The Labute approximate surface area is 99.4 Å². The molecule has 1 amide bonds. The lowest BCUT2D eigenvalue weighted by Gasteiger charge is -2.13. The number of carbonyl (C=O) groups is 1. The van der Waals surface area contributed by atoms with E-state index in [2.05, 4.69) is 4.98 Å². The zero-order valence-corrected chi connectivity index (χ0v) is 9.34. The van der Waals surface area contributed by atoms with Gasteiger partial charge in [-0.15, -0.1) is 0 Å². The van der Waals surface area contributed by atoms with Gasteiger partial charge in [-0.1, -0.05) is 24.3 Å². The van der Waals surface area contributed by atoms with Gasteiger partial charge in [0.25, 0.3) is 5.91 Å². The predicted octanol–water partition coefficient (Wildman–Crippen LogP) is 2.59. The fourth-order valence-corrected chi connectivity index (χ4v) is 2.01. The molecule has 0 N–H and O–H groups in total. The summed E-state index contributed by atoms with van der Waals surface area (Å²) in [6, 6.07) is 9.71. The van der Waals surface area contributed by atoms with Gasteiger partial charge in [0.2, 0.25) is 0 Å². The van der Waals surface area contributed by atoms with Crippen LogP contribution in [0.15, 0.2) is 48.8 Å². The molecule has 1 aromatic heterocycles. The molecule has 1 aromatic carbocycles. The van der Waals surface area contributed by atoms with Gasteiger partial charge in [-0.2, -0.15) is 0 Å². The second-order valence-corrected chi connectivity index (χ2v) is 4.09. The molecule has 0 aliphatic carbocycles. The smallest absolute Gasteiger partial charge is 0.259 e. The van der Waals surface area contributed by atoms with Gasteiger partial charge in [0.15, 0.2) is 0 Å². The molecule has 0 saturated heterocycles. The average Bonchev–Trinajstić information content (AvgIpc) is 2.91. The van der Waals surface area contributed by atoms with Crippen molar-refractivity contribution in [3.05, 3.63) is 54.4 Å². The van der Waals surface area contributed by atoms with E-state index >= 15 is 0 Å². The summed E-state index contributed by atoms with van der Waals surface area (Å²) in [5, 5.41) is 1.00. The van der Waals surface area contributed by atoms with E-state index in [1.165, 1.54) is 0 Å². The summed E-state index contributed by atoms with van der Waals surface area (Å²) in [6.45, 7) is 0.770. The Morgan fingerprint density at radius 3 is 3.00 bits per heavy atom. The number of benzene rings is 1. The Kier molecular flexibility index (Phi) is 2.37. The first-order chi connectivity index (χ1) is 8.34. The molecule has 0 radical (unpaired) electrons. The van der Waals surface area contributed by atoms with Gasteiger partial charge < -0.3 is 4.90 Å². The highest BCUT2D eigenvalue weighted by molar-refractivity contribution is 5.97. The van der Waals surface area contributed by atoms with Crippen molar-refractivity contribution >= 4 is 16.8 Å². The molecule has 3 rings (SSSR count). The Morgan fingerprint density at radius 2 is 2.18 bits per heavy atom. The third kappa shape index (κ3) is 1.80. The lowest BCUT2D eigenvalue weighted by Crippen LogP contribution is -2.23. The summed E-state index contributed by atoms with van der Waals surface area (Å²) >= 11 is 0. The average molecular weight is 224 g/mol. The first kappa shape index (κ1) is 10.0. The van der Waals surface area contributed by atoms with E-state index in [0.717, 1.165) is 23.9 Å². The van der Waals surface area contributed by atoms with Crippen LogP contribution in [0.3, 0.4) is 0 Å². The third-order valence-electron chi connectivity index (χ3n) is 2.92. The highest BCUT2D eigenvalue weighted by Gasteiger charge is 2.16. The number of para-hydroxylation sites is 1. The van der Waals surface area contributed by atoms with Crippen molar-refractivity contribution in [2.75, 3.05) is 6.54 Å². The summed E-state index contributed by atoms with van der Waals surface area (Å²) in [7, 11) is 0. The topological polar surface area (TPSA) is 33.2 Å². The molecule has 3 heteroatoms. The Hall–Kier alpha value is -2.16. The van der Waals surface area contributed by atoms with Gasteiger partial charge in [0.1, 0.15) is 0 Å². The van der Waals surface area contributed by atoms with E-state index in [1.54, 1.807) is 11.1 Å². The van der Waals surface area contributed by atoms with Crippen LogP contribution in [0.25, 0.3) is 10.9 Å². The zero-order valence-electron chi connectivity index (χ0n) is 9.34. The highest BCUT2D eigenvalue weighted by atomic mass is 16.2. The molecule has 84 valence electrons. The Balaban J connectivity index is 2.00. The van der Waals surface area contributed by atoms with E-state index in [4.69, 9.17) is 0 Å². The van der Waals surface area contributed by atoms with Crippen molar-refractivity contribution in [1.29, 1.82) is 0 Å². The van der Waals surface area contributed by atoms with Gasteiger partial charge in [0, 0.05) is 24.3 Å². The van der Waals surface area contributed by atoms with E-state index in [1.807, 2.05) is 42.6 Å². The van der Waals surface area contributed by atoms with Gasteiger partial charge in [-0.25, -0.2) is 0 Å². The SMILES string of the molecule is O=C(c1cnc2ccccc2c1)N1C=CCC1. The molecule has 2 aromatic rings. The standard InChI is InChI=1S/C14H12N2O/c17-14(16-7-3-4-8-16)12-9-11-5-1-2-6-13(11)15-10-12/h1-3,5-7,9-10H,4,8H2. The summed E-state index contributed by atoms with van der Waals surface area (Å²) in [5.41, 5.74) is 1.57. The largest absolute Gasteiger partial charge is 0.315 e. The van der Waals surface area contributed by atoms with Crippen LogP contribution < -0.4 is 0 Å². The van der Waals surface area contributed by atoms with Crippen LogP contribution in [0.2, 0.25) is 0 Å². The lowest BCUT2D eigenvalue weighted by atomic mass is 10.1. The van der Waals surface area contributed by atoms with Gasteiger partial charge in [0.05, 0.1) is 11.1 Å². The molecule has 1 aliphatic heterocycles. The van der Waals surface area contributed by atoms with E-state index < -0.39 is 0 Å². The Bertz CT molecular complexity index is 604. The molecule has 0 atom stereocenters. The van der Waals surface area contributed by atoms with Crippen LogP contribution in [0, 0.1) is 0 Å². The number of nitrogens with zero attached hydrogens (tertiary/aromatic N) is 2. The minimum atomic E-state index is 0.0250. The molecule has 0 unspecified atom stereocenters. The molecule has 0 fully saturated rings. The second-order valence-electron chi connectivity index (χ2n) is 4.09. The minimum Gasteiger partial charge on any atom is -0.315 e. The van der Waals surface area contributed by atoms with Crippen molar-refractivity contribution in [3.63, 3.8) is 0 Å². The van der Waals surface area contributed by atoms with Gasteiger partial charge in [-0.05, 0) is 18.6 Å². The molecular weight excluding hydrogens is 212 g/mol. The first-order valence-corrected chi connectivity index (χ1v) is 5.67. The predicted molar refractivity (Wildman–Crippen MR) is 66.5 cm³/mol. The normalized spacial score (nSPS) is 14.5. The maximum atomic E-state index is 12.1. The van der Waals surface area contributed by atoms with Gasteiger partial charge >= 0.3 is 0 Å². The fourth-order valence-electron chi connectivity index (χ4n) is 2.01. The molecule has 1 aliphatic rings. The maximum absolute atomic E-state index is 12.1. The fraction of sp³-hybridized carbons (Fsp3) is 0.143. The van der Waals surface area contributed by atoms with Crippen LogP contribution in [0.1, 0.15) is 16.8 Å². The van der Waals surface area contributed by atoms with E-state index in [9.17, 15) is 4.79 Å². The summed E-state index contributed by atoms with van der Waals surface area (Å²) in [6.07, 6.45) is 6.44.